The molecule has 26 heavy (non-hydrogen) atoms. The number of carbonyl (C=O) groups is 1. The number of nitrogens with zero attached hydrogens (tertiary/aromatic N) is 3. The van der Waals surface area contributed by atoms with Crippen molar-refractivity contribution in [1.29, 1.82) is 5.26 Å². The molecule has 3 aromatic rings. The zero-order chi connectivity index (χ0) is 18.4. The number of nitrogens with one attached hydrogen (secondary N) is 2. The van der Waals surface area contributed by atoms with Crippen LogP contribution in [0.4, 0.5) is 17.3 Å². The zero-order valence-corrected chi connectivity index (χ0v) is 13.9. The molecule has 0 unspecified atom stereocenters. The second kappa shape index (κ2) is 7.77. The van der Waals surface area contributed by atoms with Crippen LogP contribution in [0.2, 0.25) is 0 Å². The molecule has 3 rings (SSSR count). The van der Waals surface area contributed by atoms with Crippen LogP contribution in [0.5, 0.6) is 5.75 Å². The Bertz CT molecular complexity index is 964. The van der Waals surface area contributed by atoms with Crippen LogP contribution in [0.1, 0.15) is 15.9 Å². The van der Waals surface area contributed by atoms with Gasteiger partial charge in [-0.1, -0.05) is 18.2 Å². The van der Waals surface area contributed by atoms with Crippen LogP contribution in [0.3, 0.4) is 0 Å². The summed E-state index contributed by atoms with van der Waals surface area (Å²) in [7, 11) is 1.54. The highest BCUT2D eigenvalue weighted by Crippen LogP contribution is 2.23. The smallest absolute Gasteiger partial charge is 0.258 e. The van der Waals surface area contributed by atoms with E-state index in [0.29, 0.717) is 34.2 Å². The van der Waals surface area contributed by atoms with E-state index in [9.17, 15) is 4.79 Å². The van der Waals surface area contributed by atoms with E-state index in [-0.39, 0.29) is 5.91 Å². The van der Waals surface area contributed by atoms with Crippen LogP contribution in [0, 0.1) is 11.3 Å². The Hall–Kier alpha value is -3.92. The molecule has 128 valence electrons. The van der Waals surface area contributed by atoms with Crippen molar-refractivity contribution in [3.05, 3.63) is 72.1 Å². The summed E-state index contributed by atoms with van der Waals surface area (Å²) >= 11 is 0. The van der Waals surface area contributed by atoms with Crippen LogP contribution in [0.25, 0.3) is 0 Å². The maximum atomic E-state index is 12.3. The fraction of sp³-hybridized carbons (Fsp3) is 0.0526. The molecule has 1 amide bonds. The lowest BCUT2D eigenvalue weighted by Gasteiger charge is -2.10. The van der Waals surface area contributed by atoms with Gasteiger partial charge in [0.2, 0.25) is 5.95 Å². The van der Waals surface area contributed by atoms with Crippen molar-refractivity contribution in [2.24, 2.45) is 0 Å². The van der Waals surface area contributed by atoms with E-state index in [1.165, 1.54) is 19.5 Å². The van der Waals surface area contributed by atoms with Crippen molar-refractivity contribution < 1.29 is 9.53 Å². The number of aromatic nitrogens is 2. The van der Waals surface area contributed by atoms with Gasteiger partial charge in [0.25, 0.3) is 5.91 Å². The Morgan fingerprint density at radius 3 is 2.62 bits per heavy atom. The summed E-state index contributed by atoms with van der Waals surface area (Å²) in [5.41, 5.74) is 2.10. The van der Waals surface area contributed by atoms with Crippen molar-refractivity contribution in [3.8, 4) is 11.8 Å². The maximum absolute atomic E-state index is 12.3. The van der Waals surface area contributed by atoms with E-state index in [1.54, 1.807) is 42.5 Å². The van der Waals surface area contributed by atoms with E-state index in [2.05, 4.69) is 26.7 Å². The lowest BCUT2D eigenvalue weighted by atomic mass is 10.2. The molecule has 1 aromatic heterocycles. The van der Waals surface area contributed by atoms with Crippen molar-refractivity contribution in [3.63, 3.8) is 0 Å². The summed E-state index contributed by atoms with van der Waals surface area (Å²) in [6.45, 7) is 0. The average molecular weight is 345 g/mol. The molecule has 0 saturated carbocycles. The summed E-state index contributed by atoms with van der Waals surface area (Å²) in [5, 5.41) is 14.7. The molecule has 0 fully saturated rings. The van der Waals surface area contributed by atoms with Gasteiger partial charge in [0.1, 0.15) is 5.75 Å². The van der Waals surface area contributed by atoms with Crippen LogP contribution in [-0.2, 0) is 0 Å². The molecule has 0 bridgehead atoms. The van der Waals surface area contributed by atoms with E-state index >= 15 is 0 Å². The SMILES string of the molecule is COc1ccccc1NC(=O)c1cnc(Nc2cccc(C#N)c2)nc1. The molecule has 0 aliphatic carbocycles. The minimum Gasteiger partial charge on any atom is -0.495 e. The molecular weight excluding hydrogens is 330 g/mol. The number of nitriles is 1. The monoisotopic (exact) mass is 345 g/mol. The molecule has 1 heterocycles. The van der Waals surface area contributed by atoms with Crippen molar-refractivity contribution in [1.82, 2.24) is 9.97 Å². The summed E-state index contributed by atoms with van der Waals surface area (Å²) in [6.07, 6.45) is 2.85. The molecule has 7 heteroatoms. The first-order valence-corrected chi connectivity index (χ1v) is 7.73. The second-order valence-electron chi connectivity index (χ2n) is 5.27. The molecule has 7 nitrogen and oxygen atoms in total. The quantitative estimate of drug-likeness (QED) is 0.735. The Morgan fingerprint density at radius 2 is 1.88 bits per heavy atom. The third-order valence-electron chi connectivity index (χ3n) is 3.52. The number of carbonyl (C=O) groups excluding carboxylic acids is 1. The third-order valence-corrected chi connectivity index (χ3v) is 3.52. The van der Waals surface area contributed by atoms with E-state index < -0.39 is 0 Å². The number of amides is 1. The minimum absolute atomic E-state index is 0.312. The first-order chi connectivity index (χ1) is 12.7. The molecule has 0 atom stereocenters. The molecule has 2 N–H and O–H groups in total. The number of hydrogen-bond donors (Lipinski definition) is 2. The molecule has 0 spiro atoms. The fourth-order valence-corrected chi connectivity index (χ4v) is 2.25. The lowest BCUT2D eigenvalue weighted by molar-refractivity contribution is 0.102. The molecule has 0 aliphatic rings. The summed E-state index contributed by atoms with van der Waals surface area (Å²) in [4.78, 5) is 20.6. The Kier molecular flexibility index (Phi) is 5.05. The molecular formula is C19H15N5O2. The van der Waals surface area contributed by atoms with Gasteiger partial charge in [-0.05, 0) is 30.3 Å². The van der Waals surface area contributed by atoms with E-state index in [0.717, 1.165) is 0 Å². The predicted molar refractivity (Wildman–Crippen MR) is 97.4 cm³/mol. The third kappa shape index (κ3) is 3.94. The van der Waals surface area contributed by atoms with Crippen LogP contribution in [-0.4, -0.2) is 23.0 Å². The average Bonchev–Trinajstić information content (AvgIpc) is 2.69. The second-order valence-corrected chi connectivity index (χ2v) is 5.27. The fourth-order valence-electron chi connectivity index (χ4n) is 2.25. The highest BCUT2D eigenvalue weighted by atomic mass is 16.5. The van der Waals surface area contributed by atoms with Gasteiger partial charge < -0.3 is 15.4 Å². The maximum Gasteiger partial charge on any atom is 0.258 e. The first-order valence-electron chi connectivity index (χ1n) is 7.73. The van der Waals surface area contributed by atoms with Crippen molar-refractivity contribution in [2.45, 2.75) is 0 Å². The topological polar surface area (TPSA) is 99.9 Å². The van der Waals surface area contributed by atoms with Gasteiger partial charge in [-0.2, -0.15) is 5.26 Å². The molecule has 0 saturated heterocycles. The summed E-state index contributed by atoms with van der Waals surface area (Å²) in [5.74, 6) is 0.555. The summed E-state index contributed by atoms with van der Waals surface area (Å²) < 4.78 is 5.21. The number of methoxy groups -OCH3 is 1. The first kappa shape index (κ1) is 16.9. The highest BCUT2D eigenvalue weighted by molar-refractivity contribution is 6.04. The van der Waals surface area contributed by atoms with E-state index in [1.807, 2.05) is 6.07 Å². The lowest BCUT2D eigenvalue weighted by Crippen LogP contribution is -2.13. The zero-order valence-electron chi connectivity index (χ0n) is 13.9. The van der Waals surface area contributed by atoms with Gasteiger partial charge in [-0.25, -0.2) is 9.97 Å². The van der Waals surface area contributed by atoms with Crippen molar-refractivity contribution in [2.75, 3.05) is 17.7 Å². The van der Waals surface area contributed by atoms with Gasteiger partial charge in [-0.15, -0.1) is 0 Å². The number of para-hydroxylation sites is 2. The van der Waals surface area contributed by atoms with E-state index in [4.69, 9.17) is 10.00 Å². The van der Waals surface area contributed by atoms with Gasteiger partial charge in [0, 0.05) is 18.1 Å². The van der Waals surface area contributed by atoms with Crippen LogP contribution >= 0.6 is 0 Å². The Balaban J connectivity index is 1.70. The minimum atomic E-state index is -0.340. The molecule has 0 aliphatic heterocycles. The summed E-state index contributed by atoms with van der Waals surface area (Å²) in [6, 6.07) is 16.1. The molecule has 0 radical (unpaired) electrons. The Morgan fingerprint density at radius 1 is 1.12 bits per heavy atom. The van der Waals surface area contributed by atoms with Gasteiger partial charge in [0.15, 0.2) is 0 Å². The number of rotatable bonds is 5. The van der Waals surface area contributed by atoms with Crippen LogP contribution < -0.4 is 15.4 Å². The number of ether oxygens (including phenoxy) is 1. The highest BCUT2D eigenvalue weighted by Gasteiger charge is 2.10. The normalized spacial score (nSPS) is 9.85. The largest absolute Gasteiger partial charge is 0.495 e. The number of benzene rings is 2. The van der Waals surface area contributed by atoms with Gasteiger partial charge in [0.05, 0.1) is 30.0 Å². The van der Waals surface area contributed by atoms with Gasteiger partial charge in [-0.3, -0.25) is 4.79 Å². The number of anilines is 3. The van der Waals surface area contributed by atoms with Crippen molar-refractivity contribution >= 4 is 23.2 Å². The Labute approximate surface area is 150 Å². The number of hydrogen-bond acceptors (Lipinski definition) is 6. The van der Waals surface area contributed by atoms with Gasteiger partial charge >= 0.3 is 0 Å². The standard InChI is InChI=1S/C19H15N5O2/c1-26-17-8-3-2-7-16(17)24-18(25)14-11-21-19(22-12-14)23-15-6-4-5-13(9-15)10-20/h2-9,11-12H,1H3,(H,24,25)(H,21,22,23). The van der Waals surface area contributed by atoms with Crippen LogP contribution in [0.15, 0.2) is 60.9 Å². The predicted octanol–water partition coefficient (Wildman–Crippen LogP) is 3.35. The molecule has 2 aromatic carbocycles.